The smallest absolute Gasteiger partial charge is 0.249 e. The molecule has 2 aromatic heterocycles. The lowest BCUT2D eigenvalue weighted by atomic mass is 10.1. The number of pyridine rings is 1. The molecule has 2 heterocycles. The van der Waals surface area contributed by atoms with Gasteiger partial charge in [0.25, 0.3) is 0 Å². The van der Waals surface area contributed by atoms with Crippen molar-refractivity contribution in [1.29, 1.82) is 0 Å². The second-order valence-corrected chi connectivity index (χ2v) is 7.42. The summed E-state index contributed by atoms with van der Waals surface area (Å²) in [6, 6.07) is 8.26. The summed E-state index contributed by atoms with van der Waals surface area (Å²) in [5, 5.41) is 0. The molecule has 0 aliphatic carbocycles. The number of aromatic amines is 2. The van der Waals surface area contributed by atoms with Crippen LogP contribution in [0.1, 0.15) is 0 Å². The van der Waals surface area contributed by atoms with Crippen LogP contribution in [0, 0.1) is 0 Å². The number of aromatic nitrogens is 3. The van der Waals surface area contributed by atoms with Crippen LogP contribution in [0.25, 0.3) is 22.6 Å². The van der Waals surface area contributed by atoms with Crippen molar-refractivity contribution in [2.24, 2.45) is 0 Å². The number of sulfonamides is 1. The van der Waals surface area contributed by atoms with Crippen molar-refractivity contribution >= 4 is 32.6 Å². The van der Waals surface area contributed by atoms with Crippen LogP contribution in [0.15, 0.2) is 35.1 Å². The summed E-state index contributed by atoms with van der Waals surface area (Å²) in [4.78, 5) is 23.5. The standard InChI is InChI=1S/C15H17N5O3S/c1-20(2)12-8-9(19-24(3,22)23)4-5-10(12)14-16-11-6-7-13(21)17-15(11)18-14/h4-8,19H,1-3H3,(H2,16,17,18,21). The highest BCUT2D eigenvalue weighted by Gasteiger charge is 2.14. The molecule has 8 nitrogen and oxygen atoms in total. The molecule has 0 atom stereocenters. The molecule has 0 spiro atoms. The highest BCUT2D eigenvalue weighted by molar-refractivity contribution is 7.92. The average Bonchev–Trinajstić information content (AvgIpc) is 2.88. The minimum atomic E-state index is -3.35. The number of imidazole rings is 1. The first kappa shape index (κ1) is 16.1. The van der Waals surface area contributed by atoms with Gasteiger partial charge >= 0.3 is 0 Å². The third kappa shape index (κ3) is 3.25. The number of hydrogen-bond acceptors (Lipinski definition) is 5. The first-order chi connectivity index (χ1) is 11.2. The number of rotatable bonds is 4. The maximum absolute atomic E-state index is 11.4. The highest BCUT2D eigenvalue weighted by Crippen LogP contribution is 2.31. The van der Waals surface area contributed by atoms with E-state index >= 15 is 0 Å². The van der Waals surface area contributed by atoms with E-state index in [-0.39, 0.29) is 5.56 Å². The van der Waals surface area contributed by atoms with E-state index in [2.05, 4.69) is 19.7 Å². The molecule has 0 aliphatic heterocycles. The Morgan fingerprint density at radius 1 is 1.12 bits per heavy atom. The van der Waals surface area contributed by atoms with Crippen LogP contribution < -0.4 is 15.2 Å². The molecule has 1 aromatic carbocycles. The van der Waals surface area contributed by atoms with E-state index < -0.39 is 10.0 Å². The minimum Gasteiger partial charge on any atom is -0.377 e. The summed E-state index contributed by atoms with van der Waals surface area (Å²) in [6.45, 7) is 0. The van der Waals surface area contributed by atoms with Gasteiger partial charge in [0.1, 0.15) is 5.82 Å². The van der Waals surface area contributed by atoms with Crippen molar-refractivity contribution < 1.29 is 8.42 Å². The zero-order valence-electron chi connectivity index (χ0n) is 13.4. The summed E-state index contributed by atoms with van der Waals surface area (Å²) in [6.07, 6.45) is 1.10. The Kier molecular flexibility index (Phi) is 3.80. The molecule has 0 unspecified atom stereocenters. The van der Waals surface area contributed by atoms with Gasteiger partial charge in [-0.05, 0) is 24.3 Å². The topological polar surface area (TPSA) is 111 Å². The van der Waals surface area contributed by atoms with Gasteiger partial charge in [0.15, 0.2) is 5.65 Å². The Hall–Kier alpha value is -2.81. The Morgan fingerprint density at radius 3 is 2.54 bits per heavy atom. The molecule has 0 radical (unpaired) electrons. The van der Waals surface area contributed by atoms with Crippen LogP contribution in [0.3, 0.4) is 0 Å². The van der Waals surface area contributed by atoms with Gasteiger partial charge in [-0.15, -0.1) is 0 Å². The maximum Gasteiger partial charge on any atom is 0.249 e. The van der Waals surface area contributed by atoms with Gasteiger partial charge < -0.3 is 14.9 Å². The van der Waals surface area contributed by atoms with Crippen LogP contribution in [-0.2, 0) is 10.0 Å². The van der Waals surface area contributed by atoms with Crippen molar-refractivity contribution in [2.45, 2.75) is 0 Å². The van der Waals surface area contributed by atoms with Gasteiger partial charge in [0.2, 0.25) is 15.6 Å². The molecule has 126 valence electrons. The van der Waals surface area contributed by atoms with Gasteiger partial charge in [0, 0.05) is 31.4 Å². The number of nitrogens with zero attached hydrogens (tertiary/aromatic N) is 2. The first-order valence-corrected chi connectivity index (χ1v) is 9.01. The van der Waals surface area contributed by atoms with Crippen molar-refractivity contribution in [3.63, 3.8) is 0 Å². The third-order valence-corrected chi connectivity index (χ3v) is 4.02. The fraction of sp³-hybridized carbons (Fsp3) is 0.200. The van der Waals surface area contributed by atoms with E-state index in [0.29, 0.717) is 22.7 Å². The largest absolute Gasteiger partial charge is 0.377 e. The third-order valence-electron chi connectivity index (χ3n) is 3.41. The average molecular weight is 347 g/mol. The van der Waals surface area contributed by atoms with Crippen LogP contribution in [0.5, 0.6) is 0 Å². The SMILES string of the molecule is CN(C)c1cc(NS(C)(=O)=O)ccc1-c1nc2[nH]c(=O)ccc2[nH]1. The van der Waals surface area contributed by atoms with E-state index in [1.165, 1.54) is 6.07 Å². The van der Waals surface area contributed by atoms with E-state index in [4.69, 9.17) is 0 Å². The molecule has 9 heteroatoms. The van der Waals surface area contributed by atoms with Crippen LogP contribution >= 0.6 is 0 Å². The summed E-state index contributed by atoms with van der Waals surface area (Å²) < 4.78 is 25.3. The van der Waals surface area contributed by atoms with E-state index in [1.807, 2.05) is 19.0 Å². The molecule has 0 bridgehead atoms. The zero-order chi connectivity index (χ0) is 17.5. The van der Waals surface area contributed by atoms with Gasteiger partial charge in [-0.1, -0.05) is 0 Å². The number of fused-ring (bicyclic) bond motifs is 1. The van der Waals surface area contributed by atoms with Gasteiger partial charge in [-0.2, -0.15) is 0 Å². The lowest BCUT2D eigenvalue weighted by Gasteiger charge is -2.18. The van der Waals surface area contributed by atoms with Crippen molar-refractivity contribution in [2.75, 3.05) is 30.0 Å². The van der Waals surface area contributed by atoms with Crippen LogP contribution in [0.2, 0.25) is 0 Å². The number of nitrogens with one attached hydrogen (secondary N) is 3. The van der Waals surface area contributed by atoms with Crippen molar-refractivity contribution in [3.05, 3.63) is 40.7 Å². The van der Waals surface area contributed by atoms with E-state index in [0.717, 1.165) is 17.5 Å². The predicted molar refractivity (Wildman–Crippen MR) is 94.9 cm³/mol. The predicted octanol–water partition coefficient (Wildman–Crippen LogP) is 1.36. The molecule has 24 heavy (non-hydrogen) atoms. The quantitative estimate of drug-likeness (QED) is 0.660. The number of benzene rings is 1. The minimum absolute atomic E-state index is 0.221. The Labute approximate surface area is 138 Å². The summed E-state index contributed by atoms with van der Waals surface area (Å²) >= 11 is 0. The molecule has 0 amide bonds. The molecular weight excluding hydrogens is 330 g/mol. The van der Waals surface area contributed by atoms with E-state index in [9.17, 15) is 13.2 Å². The maximum atomic E-state index is 11.4. The zero-order valence-corrected chi connectivity index (χ0v) is 14.2. The molecule has 3 N–H and O–H groups in total. The summed E-state index contributed by atoms with van der Waals surface area (Å²) in [5.41, 5.74) is 3.00. The normalized spacial score (nSPS) is 11.6. The lowest BCUT2D eigenvalue weighted by Crippen LogP contribution is -2.13. The Bertz CT molecular complexity index is 1070. The molecule has 3 rings (SSSR count). The Morgan fingerprint density at radius 2 is 1.88 bits per heavy atom. The fourth-order valence-corrected chi connectivity index (χ4v) is 2.98. The number of anilines is 2. The molecule has 0 saturated carbocycles. The van der Waals surface area contributed by atoms with Gasteiger partial charge in [-0.25, -0.2) is 13.4 Å². The second kappa shape index (κ2) is 5.68. The summed E-state index contributed by atoms with van der Waals surface area (Å²) in [7, 11) is 0.355. The summed E-state index contributed by atoms with van der Waals surface area (Å²) in [5.74, 6) is 0.585. The van der Waals surface area contributed by atoms with Crippen molar-refractivity contribution in [3.8, 4) is 11.4 Å². The molecule has 3 aromatic rings. The molecule has 0 aliphatic rings. The Balaban J connectivity index is 2.13. The van der Waals surface area contributed by atoms with Crippen LogP contribution in [-0.4, -0.2) is 43.7 Å². The van der Waals surface area contributed by atoms with Gasteiger partial charge in [0.05, 0.1) is 17.5 Å². The fourth-order valence-electron chi connectivity index (χ4n) is 2.43. The number of hydrogen-bond donors (Lipinski definition) is 3. The molecular formula is C15H17N5O3S. The second-order valence-electron chi connectivity index (χ2n) is 5.67. The van der Waals surface area contributed by atoms with Crippen molar-refractivity contribution in [1.82, 2.24) is 15.0 Å². The van der Waals surface area contributed by atoms with Crippen LogP contribution in [0.4, 0.5) is 11.4 Å². The van der Waals surface area contributed by atoms with E-state index in [1.54, 1.807) is 24.3 Å². The highest BCUT2D eigenvalue weighted by atomic mass is 32.2. The molecule has 0 saturated heterocycles. The first-order valence-electron chi connectivity index (χ1n) is 7.11. The monoisotopic (exact) mass is 347 g/mol. The number of H-pyrrole nitrogens is 2. The lowest BCUT2D eigenvalue weighted by molar-refractivity contribution is 0.607. The van der Waals surface area contributed by atoms with Gasteiger partial charge in [-0.3, -0.25) is 9.52 Å². The molecule has 0 fully saturated rings.